The van der Waals surface area contributed by atoms with Crippen LogP contribution < -0.4 is 4.90 Å². The second kappa shape index (κ2) is 3.93. The van der Waals surface area contributed by atoms with Crippen molar-refractivity contribution in [1.29, 1.82) is 5.26 Å². The van der Waals surface area contributed by atoms with Crippen molar-refractivity contribution < 1.29 is 4.79 Å². The van der Waals surface area contributed by atoms with Crippen molar-refractivity contribution in [2.45, 2.75) is 12.8 Å². The van der Waals surface area contributed by atoms with Crippen molar-refractivity contribution in [3.63, 3.8) is 0 Å². The summed E-state index contributed by atoms with van der Waals surface area (Å²) in [6.07, 6.45) is 7.25. The maximum Gasteiger partial charge on any atom is 0.256 e. The van der Waals surface area contributed by atoms with Gasteiger partial charge in [-0.1, -0.05) is 6.08 Å². The number of hydrogen-bond acceptors (Lipinski definition) is 4. The summed E-state index contributed by atoms with van der Waals surface area (Å²) in [5.74, 6) is 0.0435. The van der Waals surface area contributed by atoms with E-state index in [0.29, 0.717) is 12.2 Å². The third-order valence-electron chi connectivity index (χ3n) is 3.37. The molecule has 0 saturated carbocycles. The summed E-state index contributed by atoms with van der Waals surface area (Å²) in [5, 5.41) is 9.06. The summed E-state index contributed by atoms with van der Waals surface area (Å²) in [6.45, 7) is 0.419. The van der Waals surface area contributed by atoms with Crippen molar-refractivity contribution in [3.05, 3.63) is 34.8 Å². The maximum atomic E-state index is 12.3. The first-order valence-electron chi connectivity index (χ1n) is 5.84. The molecule has 1 radical (unpaired) electrons. The minimum absolute atomic E-state index is 0.0435. The van der Waals surface area contributed by atoms with Crippen molar-refractivity contribution in [1.82, 2.24) is 9.80 Å². The van der Waals surface area contributed by atoms with Gasteiger partial charge >= 0.3 is 0 Å². The number of carbonyl (C=O) groups excluding carboxylic acids is 1. The van der Waals surface area contributed by atoms with Crippen molar-refractivity contribution in [2.24, 2.45) is 4.99 Å². The SMILES string of the molecule is CN1CC2=C(C#N)N=C[N+]2C2=C(CCC=C2)C1=O. The van der Waals surface area contributed by atoms with Gasteiger partial charge in [0.25, 0.3) is 12.2 Å². The molecule has 5 heteroatoms. The highest BCUT2D eigenvalue weighted by Crippen LogP contribution is 2.30. The van der Waals surface area contributed by atoms with E-state index in [2.05, 4.69) is 11.1 Å². The molecular formula is C13H12N4O+. The second-order valence-electron chi connectivity index (χ2n) is 4.49. The lowest BCUT2D eigenvalue weighted by atomic mass is 10.0. The summed E-state index contributed by atoms with van der Waals surface area (Å²) in [6, 6.07) is 2.08. The Balaban J connectivity index is 2.18. The van der Waals surface area contributed by atoms with Gasteiger partial charge in [0.2, 0.25) is 17.1 Å². The summed E-state index contributed by atoms with van der Waals surface area (Å²) in [4.78, 5) is 19.9. The van der Waals surface area contributed by atoms with Gasteiger partial charge in [-0.15, -0.1) is 0 Å². The highest BCUT2D eigenvalue weighted by molar-refractivity contribution is 5.97. The molecule has 0 N–H and O–H groups in total. The molecule has 0 aromatic carbocycles. The lowest BCUT2D eigenvalue weighted by molar-refractivity contribution is -0.125. The predicted octanol–water partition coefficient (Wildman–Crippen LogP) is 0.980. The van der Waals surface area contributed by atoms with E-state index in [1.165, 1.54) is 0 Å². The van der Waals surface area contributed by atoms with Crippen LogP contribution in [-0.2, 0) is 4.79 Å². The molecule has 2 heterocycles. The standard InChI is InChI=1S/C13H12N4O/c1-16-7-12-10(6-14)15-8-17(12)11-5-3-2-4-9(11)13(16)18/h3,5,8H,2,4,7H2,1H3/q+1. The summed E-state index contributed by atoms with van der Waals surface area (Å²) < 4.78 is 0. The van der Waals surface area contributed by atoms with Gasteiger partial charge in [-0.3, -0.25) is 4.79 Å². The number of hydrogen-bond donors (Lipinski definition) is 0. The van der Waals surface area contributed by atoms with Crippen LogP contribution in [0.5, 0.6) is 0 Å². The minimum Gasteiger partial charge on any atom is -0.332 e. The van der Waals surface area contributed by atoms with Gasteiger partial charge in [-0.2, -0.15) is 10.3 Å². The zero-order valence-electron chi connectivity index (χ0n) is 10.1. The Kier molecular flexibility index (Phi) is 2.39. The Morgan fingerprint density at radius 2 is 2.39 bits per heavy atom. The van der Waals surface area contributed by atoms with E-state index >= 15 is 0 Å². The monoisotopic (exact) mass is 240 g/mol. The van der Waals surface area contributed by atoms with Gasteiger partial charge in [-0.05, 0) is 17.7 Å². The molecule has 0 aromatic rings. The molecule has 1 amide bonds. The maximum absolute atomic E-state index is 12.3. The Hall–Kier alpha value is -2.19. The van der Waals surface area contributed by atoms with Gasteiger partial charge in [0.05, 0.1) is 5.57 Å². The van der Waals surface area contributed by atoms with Crippen LogP contribution in [-0.4, -0.2) is 30.7 Å². The number of carbonyl (C=O) groups is 1. The average Bonchev–Trinajstić information content (AvgIpc) is 2.76. The molecule has 3 aliphatic rings. The smallest absolute Gasteiger partial charge is 0.256 e. The Bertz CT molecular complexity index is 589. The number of aliphatic imine (C=N–C) groups is 1. The first kappa shape index (κ1) is 10.9. The fraction of sp³-hybridized carbons (Fsp3) is 0.308. The Morgan fingerprint density at radius 3 is 3.17 bits per heavy atom. The molecule has 5 nitrogen and oxygen atoms in total. The number of allylic oxidation sites excluding steroid dienone is 3. The van der Waals surface area contributed by atoms with E-state index in [-0.39, 0.29) is 5.91 Å². The molecule has 3 rings (SSSR count). The molecule has 0 fully saturated rings. The van der Waals surface area contributed by atoms with Crippen LogP contribution in [0.3, 0.4) is 0 Å². The van der Waals surface area contributed by atoms with E-state index in [1.807, 2.05) is 17.1 Å². The lowest BCUT2D eigenvalue weighted by Gasteiger charge is -2.14. The largest absolute Gasteiger partial charge is 0.332 e. The van der Waals surface area contributed by atoms with Crippen LogP contribution in [0.15, 0.2) is 39.8 Å². The van der Waals surface area contributed by atoms with Crippen LogP contribution in [0, 0.1) is 11.3 Å². The Morgan fingerprint density at radius 1 is 1.56 bits per heavy atom. The van der Waals surface area contributed by atoms with Crippen molar-refractivity contribution >= 4 is 12.2 Å². The molecule has 0 spiro atoms. The van der Waals surface area contributed by atoms with Crippen molar-refractivity contribution in [3.8, 4) is 6.07 Å². The van der Waals surface area contributed by atoms with E-state index in [9.17, 15) is 4.79 Å². The van der Waals surface area contributed by atoms with Crippen molar-refractivity contribution in [2.75, 3.05) is 13.6 Å². The zero-order chi connectivity index (χ0) is 12.7. The lowest BCUT2D eigenvalue weighted by Crippen LogP contribution is -2.30. The number of rotatable bonds is 0. The summed E-state index contributed by atoms with van der Waals surface area (Å²) in [5.41, 5.74) is 2.84. The highest BCUT2D eigenvalue weighted by Gasteiger charge is 2.42. The summed E-state index contributed by atoms with van der Waals surface area (Å²) >= 11 is 0. The third kappa shape index (κ3) is 1.43. The van der Waals surface area contributed by atoms with Crippen LogP contribution in [0.25, 0.3) is 0 Å². The van der Waals surface area contributed by atoms with Crippen LogP contribution in [0.2, 0.25) is 0 Å². The van der Waals surface area contributed by atoms with Crippen LogP contribution in [0.4, 0.5) is 0 Å². The third-order valence-corrected chi connectivity index (χ3v) is 3.37. The zero-order valence-corrected chi connectivity index (χ0v) is 10.1. The van der Waals surface area contributed by atoms with E-state index < -0.39 is 0 Å². The van der Waals surface area contributed by atoms with Gasteiger partial charge < -0.3 is 4.90 Å². The van der Waals surface area contributed by atoms with E-state index in [0.717, 1.165) is 29.8 Å². The normalized spacial score (nSPS) is 23.1. The van der Waals surface area contributed by atoms with Gasteiger partial charge in [0, 0.05) is 13.1 Å². The molecule has 18 heavy (non-hydrogen) atoms. The predicted molar refractivity (Wildman–Crippen MR) is 66.3 cm³/mol. The number of nitrogens with zero attached hydrogens (tertiary/aromatic N) is 4. The fourth-order valence-electron chi connectivity index (χ4n) is 2.45. The number of fused-ring (bicyclic) bond motifs is 2. The van der Waals surface area contributed by atoms with Gasteiger partial charge in [0.1, 0.15) is 12.6 Å². The summed E-state index contributed by atoms with van der Waals surface area (Å²) in [7, 11) is 1.76. The molecule has 2 aliphatic heterocycles. The molecular weight excluding hydrogens is 228 g/mol. The molecule has 0 bridgehead atoms. The fourth-order valence-corrected chi connectivity index (χ4v) is 2.45. The molecule has 0 atom stereocenters. The number of amides is 1. The first-order valence-corrected chi connectivity index (χ1v) is 5.84. The van der Waals surface area contributed by atoms with Crippen LogP contribution >= 0.6 is 0 Å². The van der Waals surface area contributed by atoms with Crippen LogP contribution in [0.1, 0.15) is 12.8 Å². The number of nitriles is 1. The molecule has 0 saturated heterocycles. The van der Waals surface area contributed by atoms with E-state index in [1.54, 1.807) is 18.3 Å². The number of likely N-dealkylation sites (N-methyl/N-ethyl adjacent to an activating group) is 1. The molecule has 89 valence electrons. The highest BCUT2D eigenvalue weighted by atomic mass is 16.2. The van der Waals surface area contributed by atoms with Gasteiger partial charge in [0.15, 0.2) is 0 Å². The average molecular weight is 240 g/mol. The minimum atomic E-state index is 0.0435. The topological polar surface area (TPSA) is 62.4 Å². The Labute approximate surface area is 105 Å². The van der Waals surface area contributed by atoms with Gasteiger partial charge in [-0.25, -0.2) is 0 Å². The molecule has 1 aliphatic carbocycles. The molecule has 0 unspecified atom stereocenters. The molecule has 0 aromatic heterocycles. The van der Waals surface area contributed by atoms with E-state index in [4.69, 9.17) is 5.26 Å². The second-order valence-corrected chi connectivity index (χ2v) is 4.49. The first-order chi connectivity index (χ1) is 8.72. The quantitative estimate of drug-likeness (QED) is 0.592.